The van der Waals surface area contributed by atoms with Crippen LogP contribution in [0.5, 0.6) is 11.5 Å². The number of carbonyl (C=O) groups is 1. The number of amides is 1. The minimum Gasteiger partial charge on any atom is -0.493 e. The first-order valence-corrected chi connectivity index (χ1v) is 9.98. The first kappa shape index (κ1) is 22.1. The third kappa shape index (κ3) is 4.91. The summed E-state index contributed by atoms with van der Waals surface area (Å²) in [6, 6.07) is 10.3. The van der Waals surface area contributed by atoms with E-state index in [0.717, 1.165) is 24.1 Å². The highest BCUT2D eigenvalue weighted by Gasteiger charge is 2.33. The summed E-state index contributed by atoms with van der Waals surface area (Å²) in [6.07, 6.45) is 0.839. The maximum atomic E-state index is 13.3. The van der Waals surface area contributed by atoms with Crippen molar-refractivity contribution >= 4 is 5.91 Å². The van der Waals surface area contributed by atoms with Crippen LogP contribution >= 0.6 is 0 Å². The van der Waals surface area contributed by atoms with E-state index in [1.807, 2.05) is 19.1 Å². The van der Waals surface area contributed by atoms with Gasteiger partial charge < -0.3 is 19.5 Å². The van der Waals surface area contributed by atoms with Gasteiger partial charge in [0.1, 0.15) is 12.4 Å². The van der Waals surface area contributed by atoms with Crippen molar-refractivity contribution in [1.29, 1.82) is 0 Å². The fourth-order valence-electron chi connectivity index (χ4n) is 4.12. The van der Waals surface area contributed by atoms with Crippen molar-refractivity contribution < 1.29 is 23.4 Å². The lowest BCUT2D eigenvalue weighted by Crippen LogP contribution is -2.48. The Morgan fingerprint density at radius 1 is 1.17 bits per heavy atom. The van der Waals surface area contributed by atoms with E-state index >= 15 is 0 Å². The Kier molecular flexibility index (Phi) is 7.29. The molecule has 1 aliphatic rings. The molecule has 2 aromatic rings. The molecule has 0 bridgehead atoms. The van der Waals surface area contributed by atoms with E-state index in [0.29, 0.717) is 18.0 Å². The summed E-state index contributed by atoms with van der Waals surface area (Å²) in [5.74, 6) is 0.925. The topological polar surface area (TPSA) is 60.0 Å². The maximum Gasteiger partial charge on any atom is 0.246 e. The summed E-state index contributed by atoms with van der Waals surface area (Å²) in [4.78, 5) is 14.5. The fourth-order valence-corrected chi connectivity index (χ4v) is 4.12. The third-order valence-electron chi connectivity index (χ3n) is 5.46. The molecule has 2 atom stereocenters. The van der Waals surface area contributed by atoms with Crippen LogP contribution in [0.1, 0.15) is 29.7 Å². The number of nitrogens with zero attached hydrogens (tertiary/aromatic N) is 1. The van der Waals surface area contributed by atoms with Crippen molar-refractivity contribution in [2.75, 3.05) is 34.5 Å². The standard InChI is InChI=1S/C23H29FN2O4/c1-15(25-22(27)14-28-2)23-19-12-21(30-4)20(29-3)11-17(19)9-10-26(23)13-16-5-7-18(24)8-6-16/h5-8,11-12,15,23H,9-10,13-14H2,1-4H3,(H,25,27)/t15-,23-/m1/s1. The second kappa shape index (κ2) is 9.91. The first-order chi connectivity index (χ1) is 14.5. The van der Waals surface area contributed by atoms with E-state index in [1.165, 1.54) is 24.8 Å². The largest absolute Gasteiger partial charge is 0.493 e. The van der Waals surface area contributed by atoms with Crippen LogP contribution in [0.3, 0.4) is 0 Å². The summed E-state index contributed by atoms with van der Waals surface area (Å²) in [5.41, 5.74) is 3.27. The van der Waals surface area contributed by atoms with Crippen molar-refractivity contribution in [2.45, 2.75) is 32.0 Å². The highest BCUT2D eigenvalue weighted by atomic mass is 19.1. The molecule has 0 aromatic heterocycles. The zero-order chi connectivity index (χ0) is 21.7. The van der Waals surface area contributed by atoms with Gasteiger partial charge in [0.25, 0.3) is 0 Å². The molecule has 0 spiro atoms. The molecule has 1 heterocycles. The Labute approximate surface area is 176 Å². The molecule has 162 valence electrons. The molecule has 30 heavy (non-hydrogen) atoms. The second-order valence-electron chi connectivity index (χ2n) is 7.49. The molecule has 0 saturated heterocycles. The van der Waals surface area contributed by atoms with Crippen molar-refractivity contribution in [3.05, 3.63) is 58.9 Å². The molecule has 3 rings (SSSR count). The number of ether oxygens (including phenoxy) is 3. The van der Waals surface area contributed by atoms with Gasteiger partial charge in [0.2, 0.25) is 5.91 Å². The number of fused-ring (bicyclic) bond motifs is 1. The second-order valence-corrected chi connectivity index (χ2v) is 7.49. The van der Waals surface area contributed by atoms with Gasteiger partial charge in [-0.25, -0.2) is 4.39 Å². The number of methoxy groups -OCH3 is 3. The highest BCUT2D eigenvalue weighted by Crippen LogP contribution is 2.40. The summed E-state index contributed by atoms with van der Waals surface area (Å²) in [6.45, 7) is 3.44. The first-order valence-electron chi connectivity index (χ1n) is 9.98. The molecule has 1 amide bonds. The Hall–Kier alpha value is -2.64. The van der Waals surface area contributed by atoms with Crippen LogP contribution in [0.15, 0.2) is 36.4 Å². The van der Waals surface area contributed by atoms with E-state index in [9.17, 15) is 9.18 Å². The number of benzene rings is 2. The molecule has 2 aromatic carbocycles. The molecule has 0 saturated carbocycles. The monoisotopic (exact) mass is 416 g/mol. The molecule has 0 unspecified atom stereocenters. The predicted octanol–water partition coefficient (Wildman–Crippen LogP) is 3.09. The molecular weight excluding hydrogens is 387 g/mol. The van der Waals surface area contributed by atoms with E-state index < -0.39 is 0 Å². The Bertz CT molecular complexity index is 872. The van der Waals surface area contributed by atoms with Crippen LogP contribution in [-0.4, -0.2) is 51.3 Å². The normalized spacial score (nSPS) is 17.2. The average Bonchev–Trinajstić information content (AvgIpc) is 2.74. The lowest BCUT2D eigenvalue weighted by atomic mass is 9.87. The van der Waals surface area contributed by atoms with Crippen molar-refractivity contribution in [2.24, 2.45) is 0 Å². The zero-order valence-electron chi connectivity index (χ0n) is 17.9. The van der Waals surface area contributed by atoms with Gasteiger partial charge in [0, 0.05) is 26.2 Å². The molecule has 1 N–H and O–H groups in total. The molecule has 7 heteroatoms. The van der Waals surface area contributed by atoms with Crippen molar-refractivity contribution in [1.82, 2.24) is 10.2 Å². The van der Waals surface area contributed by atoms with Crippen molar-refractivity contribution in [3.8, 4) is 11.5 Å². The van der Waals surface area contributed by atoms with Crippen LogP contribution in [0.4, 0.5) is 4.39 Å². The van der Waals surface area contributed by atoms with Gasteiger partial charge in [-0.3, -0.25) is 9.69 Å². The molecule has 0 fully saturated rings. The Balaban J connectivity index is 1.96. The molecule has 6 nitrogen and oxygen atoms in total. The van der Waals surface area contributed by atoms with E-state index in [2.05, 4.69) is 10.2 Å². The summed E-state index contributed by atoms with van der Waals surface area (Å²) >= 11 is 0. The maximum absolute atomic E-state index is 13.3. The van der Waals surface area contributed by atoms with Crippen LogP contribution in [0.2, 0.25) is 0 Å². The number of hydrogen-bond donors (Lipinski definition) is 1. The number of halogens is 1. The number of hydrogen-bond acceptors (Lipinski definition) is 5. The molecule has 0 radical (unpaired) electrons. The summed E-state index contributed by atoms with van der Waals surface area (Å²) in [5, 5.41) is 3.04. The van der Waals surface area contributed by atoms with Crippen LogP contribution in [0, 0.1) is 5.82 Å². The van der Waals surface area contributed by atoms with E-state index in [-0.39, 0.29) is 30.4 Å². The number of carbonyl (C=O) groups excluding carboxylic acids is 1. The molecule has 0 aliphatic carbocycles. The number of nitrogens with one attached hydrogen (secondary N) is 1. The number of rotatable bonds is 8. The SMILES string of the molecule is COCC(=O)N[C@H](C)[C@@H]1c2cc(OC)c(OC)cc2CCN1Cc1ccc(F)cc1. The molecule has 1 aliphatic heterocycles. The quantitative estimate of drug-likeness (QED) is 0.717. The summed E-state index contributed by atoms with van der Waals surface area (Å²) < 4.78 is 29.3. The third-order valence-corrected chi connectivity index (χ3v) is 5.46. The van der Waals surface area contributed by atoms with Crippen LogP contribution in [-0.2, 0) is 22.5 Å². The van der Waals surface area contributed by atoms with Gasteiger partial charge >= 0.3 is 0 Å². The fraction of sp³-hybridized carbons (Fsp3) is 0.435. The zero-order valence-corrected chi connectivity index (χ0v) is 17.9. The Morgan fingerprint density at radius 2 is 1.83 bits per heavy atom. The lowest BCUT2D eigenvalue weighted by molar-refractivity contribution is -0.125. The molecular formula is C23H29FN2O4. The van der Waals surface area contributed by atoms with E-state index in [4.69, 9.17) is 14.2 Å². The van der Waals surface area contributed by atoms with Gasteiger partial charge in [-0.05, 0) is 54.3 Å². The van der Waals surface area contributed by atoms with Crippen LogP contribution in [0.25, 0.3) is 0 Å². The highest BCUT2D eigenvalue weighted by molar-refractivity contribution is 5.77. The average molecular weight is 416 g/mol. The lowest BCUT2D eigenvalue weighted by Gasteiger charge is -2.41. The van der Waals surface area contributed by atoms with E-state index in [1.54, 1.807) is 26.4 Å². The minimum absolute atomic E-state index is 0.00775. The van der Waals surface area contributed by atoms with Gasteiger partial charge in [-0.15, -0.1) is 0 Å². The van der Waals surface area contributed by atoms with Crippen molar-refractivity contribution in [3.63, 3.8) is 0 Å². The Morgan fingerprint density at radius 3 is 2.47 bits per heavy atom. The predicted molar refractivity (Wildman–Crippen MR) is 112 cm³/mol. The van der Waals surface area contributed by atoms with Gasteiger partial charge in [-0.1, -0.05) is 12.1 Å². The van der Waals surface area contributed by atoms with Gasteiger partial charge in [0.15, 0.2) is 11.5 Å². The van der Waals surface area contributed by atoms with Gasteiger partial charge in [-0.2, -0.15) is 0 Å². The van der Waals surface area contributed by atoms with Crippen LogP contribution < -0.4 is 14.8 Å². The smallest absolute Gasteiger partial charge is 0.246 e. The summed E-state index contributed by atoms with van der Waals surface area (Å²) in [7, 11) is 4.74. The van der Waals surface area contributed by atoms with Gasteiger partial charge in [0.05, 0.1) is 20.3 Å². The minimum atomic E-state index is -0.253.